The SMILES string of the molecule is CCCCN(C)c1cnnc(Nc2cccc(F)c2)n1. The van der Waals surface area contributed by atoms with E-state index < -0.39 is 0 Å². The van der Waals surface area contributed by atoms with Gasteiger partial charge in [0.05, 0.1) is 6.20 Å². The lowest BCUT2D eigenvalue weighted by molar-refractivity contribution is 0.628. The number of anilines is 3. The minimum absolute atomic E-state index is 0.306. The number of aromatic nitrogens is 3. The van der Waals surface area contributed by atoms with Crippen LogP contribution in [0.15, 0.2) is 30.5 Å². The van der Waals surface area contributed by atoms with E-state index in [2.05, 4.69) is 27.4 Å². The molecule has 0 aliphatic carbocycles. The summed E-state index contributed by atoms with van der Waals surface area (Å²) in [6.07, 6.45) is 3.83. The van der Waals surface area contributed by atoms with Gasteiger partial charge in [-0.3, -0.25) is 0 Å². The van der Waals surface area contributed by atoms with Crippen molar-refractivity contribution in [3.63, 3.8) is 0 Å². The third kappa shape index (κ3) is 3.88. The molecule has 0 saturated heterocycles. The Morgan fingerprint density at radius 3 is 2.95 bits per heavy atom. The van der Waals surface area contributed by atoms with Crippen LogP contribution in [-0.4, -0.2) is 28.8 Å². The molecule has 0 amide bonds. The molecule has 2 rings (SSSR count). The second kappa shape index (κ2) is 6.79. The van der Waals surface area contributed by atoms with Crippen molar-refractivity contribution in [2.24, 2.45) is 0 Å². The summed E-state index contributed by atoms with van der Waals surface area (Å²) in [5, 5.41) is 10.8. The highest BCUT2D eigenvalue weighted by Gasteiger charge is 2.06. The molecule has 0 aliphatic rings. The quantitative estimate of drug-likeness (QED) is 0.878. The fourth-order valence-corrected chi connectivity index (χ4v) is 1.74. The molecule has 0 spiro atoms. The third-order valence-corrected chi connectivity index (χ3v) is 2.87. The van der Waals surface area contributed by atoms with Gasteiger partial charge in [-0.15, -0.1) is 5.10 Å². The molecule has 106 valence electrons. The van der Waals surface area contributed by atoms with Crippen molar-refractivity contribution in [2.75, 3.05) is 23.8 Å². The highest BCUT2D eigenvalue weighted by molar-refractivity contribution is 5.54. The Bertz CT molecular complexity index is 561. The van der Waals surface area contributed by atoms with Crippen LogP contribution in [0, 0.1) is 5.82 Å². The Balaban J connectivity index is 2.09. The first-order valence-electron chi connectivity index (χ1n) is 6.62. The summed E-state index contributed by atoms with van der Waals surface area (Å²) in [6, 6.07) is 6.15. The van der Waals surface area contributed by atoms with Gasteiger partial charge in [0.15, 0.2) is 5.82 Å². The van der Waals surface area contributed by atoms with E-state index in [1.165, 1.54) is 12.1 Å². The van der Waals surface area contributed by atoms with Crippen LogP contribution in [0.2, 0.25) is 0 Å². The van der Waals surface area contributed by atoms with Gasteiger partial charge in [-0.05, 0) is 24.6 Å². The highest BCUT2D eigenvalue weighted by Crippen LogP contribution is 2.15. The van der Waals surface area contributed by atoms with Gasteiger partial charge in [0, 0.05) is 19.3 Å². The van der Waals surface area contributed by atoms with Crippen LogP contribution in [0.4, 0.5) is 21.8 Å². The standard InChI is InChI=1S/C14H18FN5/c1-3-4-8-20(2)13-10-16-19-14(18-13)17-12-7-5-6-11(15)9-12/h5-7,9-10H,3-4,8H2,1-2H3,(H,17,18,19). The smallest absolute Gasteiger partial charge is 0.249 e. The topological polar surface area (TPSA) is 53.9 Å². The van der Waals surface area contributed by atoms with Gasteiger partial charge in [-0.25, -0.2) is 4.39 Å². The average molecular weight is 275 g/mol. The minimum Gasteiger partial charge on any atom is -0.358 e. The van der Waals surface area contributed by atoms with E-state index in [0.717, 1.165) is 25.2 Å². The van der Waals surface area contributed by atoms with Crippen LogP contribution in [0.3, 0.4) is 0 Å². The Morgan fingerprint density at radius 2 is 2.20 bits per heavy atom. The molecule has 0 aliphatic heterocycles. The third-order valence-electron chi connectivity index (χ3n) is 2.87. The molecule has 0 atom stereocenters. The molecule has 20 heavy (non-hydrogen) atoms. The average Bonchev–Trinajstić information content (AvgIpc) is 2.45. The highest BCUT2D eigenvalue weighted by atomic mass is 19.1. The zero-order chi connectivity index (χ0) is 14.4. The zero-order valence-electron chi connectivity index (χ0n) is 11.7. The maximum atomic E-state index is 13.1. The normalized spacial score (nSPS) is 10.3. The summed E-state index contributed by atoms with van der Waals surface area (Å²) in [4.78, 5) is 6.39. The number of hydrogen-bond acceptors (Lipinski definition) is 5. The first-order valence-corrected chi connectivity index (χ1v) is 6.62. The molecule has 0 bridgehead atoms. The van der Waals surface area contributed by atoms with Gasteiger partial charge < -0.3 is 10.2 Å². The Kier molecular flexibility index (Phi) is 4.81. The summed E-state index contributed by atoms with van der Waals surface area (Å²) < 4.78 is 13.1. The van der Waals surface area contributed by atoms with Gasteiger partial charge in [-0.1, -0.05) is 19.4 Å². The van der Waals surface area contributed by atoms with E-state index in [0.29, 0.717) is 11.6 Å². The van der Waals surface area contributed by atoms with E-state index in [4.69, 9.17) is 0 Å². The fraction of sp³-hybridized carbons (Fsp3) is 0.357. The summed E-state index contributed by atoms with van der Waals surface area (Å²) in [7, 11) is 1.96. The van der Waals surface area contributed by atoms with Crippen LogP contribution < -0.4 is 10.2 Å². The fourth-order valence-electron chi connectivity index (χ4n) is 1.74. The largest absolute Gasteiger partial charge is 0.358 e. The second-order valence-electron chi connectivity index (χ2n) is 4.55. The zero-order valence-corrected chi connectivity index (χ0v) is 11.7. The molecule has 0 radical (unpaired) electrons. The van der Waals surface area contributed by atoms with Crippen molar-refractivity contribution < 1.29 is 4.39 Å². The van der Waals surface area contributed by atoms with Crippen molar-refractivity contribution in [2.45, 2.75) is 19.8 Å². The summed E-state index contributed by atoms with van der Waals surface area (Å²) in [5.74, 6) is 0.794. The van der Waals surface area contributed by atoms with E-state index in [-0.39, 0.29) is 5.82 Å². The van der Waals surface area contributed by atoms with Crippen LogP contribution >= 0.6 is 0 Å². The number of nitrogens with zero attached hydrogens (tertiary/aromatic N) is 4. The summed E-state index contributed by atoms with van der Waals surface area (Å²) >= 11 is 0. The molecule has 2 aromatic rings. The first-order chi connectivity index (χ1) is 9.69. The predicted octanol–water partition coefficient (Wildman–Crippen LogP) is 2.99. The van der Waals surface area contributed by atoms with Gasteiger partial charge in [0.2, 0.25) is 5.95 Å². The van der Waals surface area contributed by atoms with E-state index in [1.807, 2.05) is 11.9 Å². The number of benzene rings is 1. The van der Waals surface area contributed by atoms with Crippen molar-refractivity contribution in [3.05, 3.63) is 36.3 Å². The second-order valence-corrected chi connectivity index (χ2v) is 4.55. The molecule has 0 unspecified atom stereocenters. The lowest BCUT2D eigenvalue weighted by atomic mass is 10.3. The van der Waals surface area contributed by atoms with Crippen molar-refractivity contribution >= 4 is 17.5 Å². The Morgan fingerprint density at radius 1 is 1.35 bits per heavy atom. The number of nitrogens with one attached hydrogen (secondary N) is 1. The van der Waals surface area contributed by atoms with Gasteiger partial charge in [-0.2, -0.15) is 10.1 Å². The molecule has 0 fully saturated rings. The lowest BCUT2D eigenvalue weighted by Crippen LogP contribution is -2.20. The molecule has 1 aromatic carbocycles. The number of unbranched alkanes of at least 4 members (excludes halogenated alkanes) is 1. The minimum atomic E-state index is -0.306. The molecular weight excluding hydrogens is 257 g/mol. The van der Waals surface area contributed by atoms with Crippen LogP contribution in [0.5, 0.6) is 0 Å². The van der Waals surface area contributed by atoms with E-state index in [1.54, 1.807) is 18.3 Å². The molecule has 1 aromatic heterocycles. The molecule has 0 saturated carbocycles. The van der Waals surface area contributed by atoms with Crippen molar-refractivity contribution in [1.29, 1.82) is 0 Å². The number of rotatable bonds is 6. The molecule has 6 heteroatoms. The van der Waals surface area contributed by atoms with Crippen LogP contribution in [0.25, 0.3) is 0 Å². The maximum absolute atomic E-state index is 13.1. The Hall–Kier alpha value is -2.24. The van der Waals surface area contributed by atoms with Crippen LogP contribution in [-0.2, 0) is 0 Å². The van der Waals surface area contributed by atoms with Crippen LogP contribution in [0.1, 0.15) is 19.8 Å². The lowest BCUT2D eigenvalue weighted by Gasteiger charge is -2.17. The number of hydrogen-bond donors (Lipinski definition) is 1. The van der Waals surface area contributed by atoms with Gasteiger partial charge >= 0.3 is 0 Å². The molecule has 1 N–H and O–H groups in total. The van der Waals surface area contributed by atoms with Gasteiger partial charge in [0.25, 0.3) is 0 Å². The maximum Gasteiger partial charge on any atom is 0.249 e. The van der Waals surface area contributed by atoms with Gasteiger partial charge in [0.1, 0.15) is 5.82 Å². The number of halogens is 1. The predicted molar refractivity (Wildman–Crippen MR) is 77.7 cm³/mol. The molecule has 5 nitrogen and oxygen atoms in total. The van der Waals surface area contributed by atoms with Crippen molar-refractivity contribution in [1.82, 2.24) is 15.2 Å². The van der Waals surface area contributed by atoms with Crippen molar-refractivity contribution in [3.8, 4) is 0 Å². The molecular formula is C14H18FN5. The Labute approximate surface area is 117 Å². The summed E-state index contributed by atoms with van der Waals surface area (Å²) in [5.41, 5.74) is 0.597. The monoisotopic (exact) mass is 275 g/mol. The summed E-state index contributed by atoms with van der Waals surface area (Å²) in [6.45, 7) is 3.05. The molecule has 1 heterocycles. The van der Waals surface area contributed by atoms with E-state index >= 15 is 0 Å². The van der Waals surface area contributed by atoms with E-state index in [9.17, 15) is 4.39 Å². The first kappa shape index (κ1) is 14.2.